The lowest BCUT2D eigenvalue weighted by atomic mass is 9.88. The monoisotopic (exact) mass is 721 g/mol. The molecule has 0 bridgehead atoms. The number of carbonyl (C=O) groups is 2. The number of benzene rings is 2. The van der Waals surface area contributed by atoms with E-state index >= 15 is 0 Å². The predicted molar refractivity (Wildman–Crippen MR) is 200 cm³/mol. The van der Waals surface area contributed by atoms with Gasteiger partial charge in [0, 0.05) is 11.8 Å². The van der Waals surface area contributed by atoms with Gasteiger partial charge in [0.2, 0.25) is 18.1 Å². The molecular weight excluding hydrogens is 663 g/mol. The van der Waals surface area contributed by atoms with Crippen molar-refractivity contribution in [1.29, 1.82) is 0 Å². The van der Waals surface area contributed by atoms with Gasteiger partial charge in [0.1, 0.15) is 18.8 Å². The summed E-state index contributed by atoms with van der Waals surface area (Å²) in [6.07, 6.45) is 3.29. The molecule has 4 atom stereocenters. The van der Waals surface area contributed by atoms with E-state index in [0.717, 1.165) is 47.9 Å². The maximum absolute atomic E-state index is 14.2. The number of alkyl carbamates (subject to hydrolysis) is 1. The number of carbonyl (C=O) groups excluding carboxylic acids is 2. The van der Waals surface area contributed by atoms with E-state index in [2.05, 4.69) is 57.3 Å². The van der Waals surface area contributed by atoms with Crippen LogP contribution in [0.5, 0.6) is 0 Å². The minimum atomic E-state index is -1.65. The highest BCUT2D eigenvalue weighted by Crippen LogP contribution is 2.47. The maximum atomic E-state index is 14.2. The van der Waals surface area contributed by atoms with Gasteiger partial charge in [0.15, 0.2) is 0 Å². The normalized spacial score (nSPS) is 18.5. The first-order valence-electron chi connectivity index (χ1n) is 18.9. The Kier molecular flexibility index (Phi) is 13.4. The van der Waals surface area contributed by atoms with Crippen LogP contribution in [0.4, 0.5) is 4.79 Å². The molecule has 5 rings (SSSR count). The second-order valence-corrected chi connectivity index (χ2v) is 22.2. The molecule has 3 aliphatic carbocycles. The van der Waals surface area contributed by atoms with Gasteiger partial charge >= 0.3 is 12.1 Å². The quantitative estimate of drug-likeness (QED) is 0.0996. The number of nitrogens with one attached hydrogen (secondary N) is 1. The summed E-state index contributed by atoms with van der Waals surface area (Å²) in [7, 11) is -2.89. The van der Waals surface area contributed by atoms with E-state index in [1.54, 1.807) is 0 Å². The number of aliphatic hydroxyl groups excluding tert-OH is 1. The van der Waals surface area contributed by atoms with Gasteiger partial charge in [0.25, 0.3) is 0 Å². The molecule has 10 heteroatoms. The smallest absolute Gasteiger partial charge is 0.407 e. The lowest BCUT2D eigenvalue weighted by molar-refractivity contribution is -0.157. The van der Waals surface area contributed by atoms with Crippen LogP contribution in [0.15, 0.2) is 48.5 Å². The lowest BCUT2D eigenvalue weighted by Gasteiger charge is -2.33. The zero-order valence-corrected chi connectivity index (χ0v) is 33.1. The van der Waals surface area contributed by atoms with Crippen LogP contribution in [0.1, 0.15) is 104 Å². The molecule has 2 aromatic carbocycles. The molecule has 2 saturated carbocycles. The van der Waals surface area contributed by atoms with Gasteiger partial charge in [-0.1, -0.05) is 103 Å². The number of rotatable bonds is 19. The van der Waals surface area contributed by atoms with Crippen molar-refractivity contribution in [3.63, 3.8) is 0 Å². The van der Waals surface area contributed by atoms with Gasteiger partial charge < -0.3 is 29.1 Å². The molecule has 0 spiro atoms. The Hall–Kier alpha value is -2.51. The van der Waals surface area contributed by atoms with Gasteiger partial charge in [-0.3, -0.25) is 0 Å². The Morgan fingerprint density at radius 2 is 1.36 bits per heavy atom. The summed E-state index contributed by atoms with van der Waals surface area (Å²) in [6, 6.07) is 15.2. The third kappa shape index (κ3) is 9.67. The van der Waals surface area contributed by atoms with Gasteiger partial charge in [-0.25, -0.2) is 9.59 Å². The number of hydrogen-bond acceptors (Lipinski definition) is 7. The summed E-state index contributed by atoms with van der Waals surface area (Å²) in [4.78, 5) is 38.9. The molecule has 1 unspecified atom stereocenters. The van der Waals surface area contributed by atoms with Crippen LogP contribution in [0, 0.1) is 17.8 Å². The molecule has 2 radical (unpaired) electrons. The van der Waals surface area contributed by atoms with E-state index in [-0.39, 0.29) is 36.3 Å². The largest absolute Gasteiger partial charge is 0.460 e. The van der Waals surface area contributed by atoms with Crippen LogP contribution >= 0.6 is 0 Å². The SMILES string of the molecule is CC(C)[Si](O)C(C)CC[C@H]([C@H](NC(=O)OCC1c2ccccc2-c2ccccc21)C(=O)OC(C1CC1)C1CC1)[C@@H](O)CO[Si](C(C)C)C(C)C. The maximum Gasteiger partial charge on any atom is 0.407 e. The van der Waals surface area contributed by atoms with Crippen molar-refractivity contribution in [3.8, 4) is 11.1 Å². The van der Waals surface area contributed by atoms with Crippen molar-refractivity contribution in [2.75, 3.05) is 13.2 Å². The first-order chi connectivity index (χ1) is 23.9. The van der Waals surface area contributed by atoms with Gasteiger partial charge in [0.05, 0.1) is 12.7 Å². The minimum Gasteiger partial charge on any atom is -0.460 e. The third-order valence-electron chi connectivity index (χ3n) is 10.8. The second kappa shape index (κ2) is 17.3. The van der Waals surface area contributed by atoms with E-state index in [1.165, 1.54) is 0 Å². The number of aliphatic hydroxyl groups is 1. The van der Waals surface area contributed by atoms with Crippen molar-refractivity contribution >= 4 is 30.1 Å². The Balaban J connectivity index is 1.37. The van der Waals surface area contributed by atoms with E-state index in [9.17, 15) is 19.5 Å². The molecule has 0 saturated heterocycles. The highest BCUT2D eigenvalue weighted by Gasteiger charge is 2.46. The lowest BCUT2D eigenvalue weighted by Crippen LogP contribution is -2.52. The number of fused-ring (bicyclic) bond motifs is 3. The van der Waals surface area contributed by atoms with E-state index in [0.29, 0.717) is 35.8 Å². The van der Waals surface area contributed by atoms with E-state index < -0.39 is 48.2 Å². The molecule has 0 aromatic heterocycles. The summed E-state index contributed by atoms with van der Waals surface area (Å²) < 4.78 is 18.6. The topological polar surface area (TPSA) is 114 Å². The molecular formula is C40H59NO7Si2. The summed E-state index contributed by atoms with van der Waals surface area (Å²) in [6.45, 7) is 14.8. The van der Waals surface area contributed by atoms with Crippen LogP contribution in [-0.2, 0) is 18.7 Å². The van der Waals surface area contributed by atoms with Crippen molar-refractivity contribution in [2.45, 2.75) is 133 Å². The minimum absolute atomic E-state index is 0.0263. The fourth-order valence-electron chi connectivity index (χ4n) is 7.79. The fourth-order valence-corrected chi connectivity index (χ4v) is 11.8. The van der Waals surface area contributed by atoms with Crippen molar-refractivity contribution < 1.29 is 33.4 Å². The number of ether oxygens (including phenoxy) is 2. The fraction of sp³-hybridized carbons (Fsp3) is 0.650. The van der Waals surface area contributed by atoms with E-state index in [4.69, 9.17) is 13.9 Å². The first-order valence-corrected chi connectivity index (χ1v) is 22.1. The summed E-state index contributed by atoms with van der Waals surface area (Å²) in [5.41, 5.74) is 5.36. The van der Waals surface area contributed by atoms with Gasteiger partial charge in [-0.05, 0) is 88.4 Å². The van der Waals surface area contributed by atoms with Crippen molar-refractivity contribution in [3.05, 3.63) is 59.7 Å². The molecule has 8 nitrogen and oxygen atoms in total. The number of hydrogen-bond donors (Lipinski definition) is 3. The average molecular weight is 722 g/mol. The standard InChI is InChI=1S/C40H59NO7Si2/c1-24(2)49(45)27(7)16-21-34(36(42)23-47-50(25(3)4)26(5)6)37(39(43)48-38(28-17-18-28)29-19-20-29)41-40(44)46-22-35-32-14-10-8-12-30(32)31-13-9-11-15-33(31)35/h8-15,24-29,34-38,42,45H,16-23H2,1-7H3,(H,41,44)/t27?,34-,36-,37-/m0/s1. The van der Waals surface area contributed by atoms with Crippen LogP contribution in [0.3, 0.4) is 0 Å². The molecule has 2 aromatic rings. The molecule has 3 N–H and O–H groups in total. The summed E-state index contributed by atoms with van der Waals surface area (Å²) >= 11 is 0. The van der Waals surface area contributed by atoms with Crippen LogP contribution in [0.2, 0.25) is 22.2 Å². The first kappa shape index (κ1) is 38.7. The molecule has 274 valence electrons. The predicted octanol–water partition coefficient (Wildman–Crippen LogP) is 7.99. The summed E-state index contributed by atoms with van der Waals surface area (Å²) in [5.74, 6) is -0.607. The Morgan fingerprint density at radius 1 is 0.820 bits per heavy atom. The number of amides is 1. The zero-order valence-electron chi connectivity index (χ0n) is 31.1. The Morgan fingerprint density at radius 3 is 1.86 bits per heavy atom. The molecule has 1 amide bonds. The van der Waals surface area contributed by atoms with Gasteiger partial charge in [-0.2, -0.15) is 0 Å². The molecule has 2 fully saturated rings. The average Bonchev–Trinajstić information content (AvgIpc) is 4.03. The third-order valence-corrected chi connectivity index (χ3v) is 16.1. The van der Waals surface area contributed by atoms with Crippen molar-refractivity contribution in [2.24, 2.45) is 17.8 Å². The Bertz CT molecular complexity index is 1360. The van der Waals surface area contributed by atoms with E-state index in [1.807, 2.05) is 45.0 Å². The van der Waals surface area contributed by atoms with Crippen molar-refractivity contribution in [1.82, 2.24) is 5.32 Å². The Labute approximate surface area is 303 Å². The number of esters is 1. The summed E-state index contributed by atoms with van der Waals surface area (Å²) in [5, 5.41) is 14.8. The van der Waals surface area contributed by atoms with Crippen LogP contribution in [-0.4, -0.2) is 71.5 Å². The molecule has 0 aliphatic heterocycles. The zero-order chi connectivity index (χ0) is 36.1. The molecule has 50 heavy (non-hydrogen) atoms. The molecule has 0 heterocycles. The van der Waals surface area contributed by atoms with Crippen LogP contribution in [0.25, 0.3) is 11.1 Å². The second-order valence-electron chi connectivity index (χ2n) is 15.8. The van der Waals surface area contributed by atoms with Gasteiger partial charge in [-0.15, -0.1) is 0 Å². The highest BCUT2D eigenvalue weighted by molar-refractivity contribution is 6.55. The highest BCUT2D eigenvalue weighted by atomic mass is 28.3. The van der Waals surface area contributed by atoms with Crippen LogP contribution < -0.4 is 5.32 Å². The molecule has 3 aliphatic rings.